The van der Waals surface area contributed by atoms with Gasteiger partial charge in [0.1, 0.15) is 11.4 Å². The molecule has 0 aliphatic rings. The minimum atomic E-state index is -0.479. The first-order valence-electron chi connectivity index (χ1n) is 7.18. The maximum absolute atomic E-state index is 13.9. The van der Waals surface area contributed by atoms with Crippen molar-refractivity contribution in [3.8, 4) is 0 Å². The number of hydrogen-bond acceptors (Lipinski definition) is 4. The van der Waals surface area contributed by atoms with Crippen LogP contribution in [0, 0.1) is 19.7 Å². The summed E-state index contributed by atoms with van der Waals surface area (Å²) in [6.07, 6.45) is 1.86. The molecule has 0 saturated heterocycles. The molecule has 0 atom stereocenters. The molecule has 23 heavy (non-hydrogen) atoms. The van der Waals surface area contributed by atoms with Gasteiger partial charge in [0.15, 0.2) is 5.65 Å². The number of aryl methyl sites for hydroxylation is 2. The predicted molar refractivity (Wildman–Crippen MR) is 83.0 cm³/mol. The lowest BCUT2D eigenvalue weighted by Gasteiger charge is -2.12. The number of halogens is 1. The monoisotopic (exact) mass is 313 g/mol. The van der Waals surface area contributed by atoms with Crippen LogP contribution in [-0.4, -0.2) is 27.7 Å². The van der Waals surface area contributed by atoms with E-state index in [1.54, 1.807) is 22.7 Å². The molecule has 2 heterocycles. The summed E-state index contributed by atoms with van der Waals surface area (Å²) in [6.45, 7) is 3.73. The molecular formula is C17H16FN3O2. The molecule has 0 N–H and O–H groups in total. The van der Waals surface area contributed by atoms with E-state index in [2.05, 4.69) is 10.1 Å². The number of aromatic nitrogens is 3. The fourth-order valence-electron chi connectivity index (χ4n) is 2.65. The van der Waals surface area contributed by atoms with Crippen molar-refractivity contribution in [1.82, 2.24) is 14.6 Å². The molecule has 0 unspecified atom stereocenters. The highest BCUT2D eigenvalue weighted by atomic mass is 19.1. The second-order valence-electron chi connectivity index (χ2n) is 5.31. The molecule has 0 bridgehead atoms. The third-order valence-electron chi connectivity index (χ3n) is 3.94. The Balaban J connectivity index is 2.13. The van der Waals surface area contributed by atoms with Crippen LogP contribution < -0.4 is 0 Å². The van der Waals surface area contributed by atoms with E-state index in [0.717, 1.165) is 17.0 Å². The van der Waals surface area contributed by atoms with Crippen molar-refractivity contribution in [2.45, 2.75) is 20.3 Å². The lowest BCUT2D eigenvalue weighted by molar-refractivity contribution is 0.0602. The molecule has 3 rings (SSSR count). The van der Waals surface area contributed by atoms with Gasteiger partial charge in [-0.15, -0.1) is 0 Å². The van der Waals surface area contributed by atoms with Crippen LogP contribution in [0.25, 0.3) is 5.65 Å². The number of esters is 1. The topological polar surface area (TPSA) is 56.5 Å². The molecule has 0 aliphatic heterocycles. The number of nitrogens with zero attached hydrogens (tertiary/aromatic N) is 3. The molecular weight excluding hydrogens is 297 g/mol. The van der Waals surface area contributed by atoms with E-state index in [-0.39, 0.29) is 5.82 Å². The third-order valence-corrected chi connectivity index (χ3v) is 3.94. The second kappa shape index (κ2) is 5.79. The average molecular weight is 313 g/mol. The summed E-state index contributed by atoms with van der Waals surface area (Å²) >= 11 is 0. The van der Waals surface area contributed by atoms with Crippen LogP contribution in [0.4, 0.5) is 4.39 Å². The van der Waals surface area contributed by atoms with E-state index < -0.39 is 5.97 Å². The van der Waals surface area contributed by atoms with Crippen molar-refractivity contribution in [3.05, 3.63) is 64.4 Å². The highest BCUT2D eigenvalue weighted by Crippen LogP contribution is 2.21. The van der Waals surface area contributed by atoms with Gasteiger partial charge in [-0.2, -0.15) is 5.10 Å². The molecule has 1 aromatic carbocycles. The minimum absolute atomic E-state index is 0.248. The Morgan fingerprint density at radius 3 is 2.74 bits per heavy atom. The molecule has 0 saturated carbocycles. The normalized spacial score (nSPS) is 11.0. The maximum atomic E-state index is 13.9. The van der Waals surface area contributed by atoms with Gasteiger partial charge in [-0.25, -0.2) is 18.7 Å². The molecule has 118 valence electrons. The van der Waals surface area contributed by atoms with E-state index >= 15 is 0 Å². The van der Waals surface area contributed by atoms with Crippen molar-refractivity contribution in [2.24, 2.45) is 0 Å². The van der Waals surface area contributed by atoms with Crippen molar-refractivity contribution in [3.63, 3.8) is 0 Å². The molecule has 6 heteroatoms. The van der Waals surface area contributed by atoms with Gasteiger partial charge < -0.3 is 4.74 Å². The molecule has 0 radical (unpaired) electrons. The Kier molecular flexibility index (Phi) is 3.82. The molecule has 0 aliphatic carbocycles. The smallest absolute Gasteiger partial charge is 0.343 e. The quantitative estimate of drug-likeness (QED) is 0.698. The summed E-state index contributed by atoms with van der Waals surface area (Å²) in [5, 5.41) is 4.21. The summed E-state index contributed by atoms with van der Waals surface area (Å²) < 4.78 is 20.2. The van der Waals surface area contributed by atoms with Gasteiger partial charge in [0.05, 0.1) is 13.3 Å². The van der Waals surface area contributed by atoms with Crippen molar-refractivity contribution >= 4 is 11.6 Å². The van der Waals surface area contributed by atoms with Gasteiger partial charge in [-0.1, -0.05) is 18.2 Å². The van der Waals surface area contributed by atoms with Crippen LogP contribution in [0.2, 0.25) is 0 Å². The number of carbonyl (C=O) groups is 1. The SMILES string of the molecule is COC(=O)c1cnn2c(C)c(Cc3ccccc3F)c(C)nc12. The summed E-state index contributed by atoms with van der Waals surface area (Å²) in [5.74, 6) is -0.727. The first-order valence-corrected chi connectivity index (χ1v) is 7.18. The van der Waals surface area contributed by atoms with Crippen LogP contribution in [0.3, 0.4) is 0 Å². The van der Waals surface area contributed by atoms with E-state index in [0.29, 0.717) is 23.2 Å². The number of ether oxygens (including phenoxy) is 1. The number of carbonyl (C=O) groups excluding carboxylic acids is 1. The third kappa shape index (κ3) is 2.56. The van der Waals surface area contributed by atoms with Crippen molar-refractivity contribution in [1.29, 1.82) is 0 Å². The molecule has 0 amide bonds. The lowest BCUT2D eigenvalue weighted by Crippen LogP contribution is -2.09. The fourth-order valence-corrected chi connectivity index (χ4v) is 2.65. The minimum Gasteiger partial charge on any atom is -0.465 e. The Hall–Kier alpha value is -2.76. The number of hydrogen-bond donors (Lipinski definition) is 0. The van der Waals surface area contributed by atoms with E-state index in [4.69, 9.17) is 4.74 Å². The summed E-state index contributed by atoms with van der Waals surface area (Å²) in [7, 11) is 1.32. The Bertz CT molecular complexity index is 902. The average Bonchev–Trinajstić information content (AvgIpc) is 2.96. The zero-order valence-electron chi connectivity index (χ0n) is 13.1. The van der Waals surface area contributed by atoms with Gasteiger partial charge >= 0.3 is 5.97 Å². The number of methoxy groups -OCH3 is 1. The fraction of sp³-hybridized carbons (Fsp3) is 0.235. The summed E-state index contributed by atoms with van der Waals surface area (Å²) in [6, 6.07) is 6.66. The van der Waals surface area contributed by atoms with Gasteiger partial charge in [0, 0.05) is 17.8 Å². The zero-order valence-corrected chi connectivity index (χ0v) is 13.1. The van der Waals surface area contributed by atoms with Gasteiger partial charge in [-0.3, -0.25) is 0 Å². The first-order chi connectivity index (χ1) is 11.0. The zero-order chi connectivity index (χ0) is 16.6. The van der Waals surface area contributed by atoms with E-state index in [1.165, 1.54) is 19.4 Å². The maximum Gasteiger partial charge on any atom is 0.343 e. The molecule has 0 spiro atoms. The van der Waals surface area contributed by atoms with Gasteiger partial charge in [0.2, 0.25) is 0 Å². The van der Waals surface area contributed by atoms with Gasteiger partial charge in [0.25, 0.3) is 0 Å². The lowest BCUT2D eigenvalue weighted by atomic mass is 10.0. The Labute approximate surface area is 132 Å². The first kappa shape index (κ1) is 15.1. The van der Waals surface area contributed by atoms with Gasteiger partial charge in [-0.05, 0) is 31.0 Å². The summed E-state index contributed by atoms with van der Waals surface area (Å²) in [4.78, 5) is 16.2. The van der Waals surface area contributed by atoms with Crippen LogP contribution in [0.15, 0.2) is 30.5 Å². The Morgan fingerprint density at radius 2 is 2.04 bits per heavy atom. The largest absolute Gasteiger partial charge is 0.465 e. The predicted octanol–water partition coefficient (Wildman–Crippen LogP) is 2.86. The van der Waals surface area contributed by atoms with Crippen LogP contribution in [0.1, 0.15) is 32.9 Å². The molecule has 5 nitrogen and oxygen atoms in total. The number of rotatable bonds is 3. The highest BCUT2D eigenvalue weighted by molar-refractivity contribution is 5.95. The van der Waals surface area contributed by atoms with Crippen LogP contribution in [0.5, 0.6) is 0 Å². The van der Waals surface area contributed by atoms with Crippen LogP contribution in [-0.2, 0) is 11.2 Å². The number of fused-ring (bicyclic) bond motifs is 1. The second-order valence-corrected chi connectivity index (χ2v) is 5.31. The van der Waals surface area contributed by atoms with E-state index in [1.807, 2.05) is 13.8 Å². The van der Waals surface area contributed by atoms with E-state index in [9.17, 15) is 9.18 Å². The van der Waals surface area contributed by atoms with Crippen LogP contribution >= 0.6 is 0 Å². The summed E-state index contributed by atoms with van der Waals surface area (Å²) in [5.41, 5.74) is 3.82. The Morgan fingerprint density at radius 1 is 1.30 bits per heavy atom. The molecule has 0 fully saturated rings. The molecule has 3 aromatic rings. The van der Waals surface area contributed by atoms with Crippen molar-refractivity contribution in [2.75, 3.05) is 7.11 Å². The molecule has 2 aromatic heterocycles. The highest BCUT2D eigenvalue weighted by Gasteiger charge is 2.19. The number of benzene rings is 1. The van der Waals surface area contributed by atoms with Crippen molar-refractivity contribution < 1.29 is 13.9 Å². The standard InChI is InChI=1S/C17H16FN3O2/c1-10-13(8-12-6-4-5-7-15(12)18)11(2)21-16(20-10)14(9-19-21)17(22)23-3/h4-7,9H,8H2,1-3H3.